The molecule has 2 fully saturated rings. The van der Waals surface area contributed by atoms with Gasteiger partial charge in [-0.1, -0.05) is 11.6 Å². The molecule has 2 aliphatic heterocycles. The molecule has 0 N–H and O–H groups in total. The normalized spacial score (nSPS) is 25.9. The number of hydrogen-bond donors (Lipinski definition) is 0. The van der Waals surface area contributed by atoms with Gasteiger partial charge in [0.1, 0.15) is 0 Å². The molecule has 1 aromatic carbocycles. The quantitative estimate of drug-likeness (QED) is 0.636. The number of non-ortho nitro benzene ring substituents is 1. The molecule has 108 valence electrons. The third kappa shape index (κ3) is 2.41. The van der Waals surface area contributed by atoms with Gasteiger partial charge in [0.25, 0.3) is 5.69 Å². The van der Waals surface area contributed by atoms with E-state index in [-0.39, 0.29) is 10.6 Å². The molecule has 0 saturated carbocycles. The van der Waals surface area contributed by atoms with Crippen molar-refractivity contribution in [3.63, 3.8) is 0 Å². The Morgan fingerprint density at radius 2 is 2.05 bits per heavy atom. The molecule has 0 aromatic heterocycles. The van der Waals surface area contributed by atoms with Crippen molar-refractivity contribution in [2.75, 3.05) is 13.2 Å². The van der Waals surface area contributed by atoms with Crippen molar-refractivity contribution in [3.8, 4) is 0 Å². The van der Waals surface area contributed by atoms with Gasteiger partial charge >= 0.3 is 0 Å². The summed E-state index contributed by atoms with van der Waals surface area (Å²) in [6, 6.07) is 3.95. The Morgan fingerprint density at radius 3 is 2.65 bits per heavy atom. The van der Waals surface area contributed by atoms with Crippen LogP contribution in [-0.2, 0) is 11.3 Å². The first kappa shape index (κ1) is 13.8. The average Bonchev–Trinajstić information content (AvgIpc) is 2.63. The number of benzene rings is 1. The fraction of sp³-hybridized carbons (Fsp3) is 0.571. The third-order valence-corrected chi connectivity index (χ3v) is 4.78. The van der Waals surface area contributed by atoms with Crippen LogP contribution in [0.1, 0.15) is 24.0 Å². The molecular weight excluding hydrogens is 280 g/mol. The predicted molar refractivity (Wildman–Crippen MR) is 76.0 cm³/mol. The summed E-state index contributed by atoms with van der Waals surface area (Å²) in [5.74, 6) is 0. The monoisotopic (exact) mass is 296 g/mol. The van der Waals surface area contributed by atoms with Crippen molar-refractivity contribution in [2.45, 2.75) is 38.4 Å². The number of nitro benzene ring substituents is 1. The second-order valence-electron chi connectivity index (χ2n) is 5.56. The molecule has 2 saturated heterocycles. The van der Waals surface area contributed by atoms with Crippen molar-refractivity contribution in [2.24, 2.45) is 0 Å². The van der Waals surface area contributed by atoms with E-state index in [1.165, 1.54) is 6.07 Å². The maximum absolute atomic E-state index is 11.0. The van der Waals surface area contributed by atoms with E-state index < -0.39 is 0 Å². The summed E-state index contributed by atoms with van der Waals surface area (Å²) < 4.78 is 5.56. The van der Waals surface area contributed by atoms with Crippen LogP contribution < -0.4 is 0 Å². The molecule has 6 heteroatoms. The van der Waals surface area contributed by atoms with Crippen molar-refractivity contribution in [1.82, 2.24) is 4.90 Å². The summed E-state index contributed by atoms with van der Waals surface area (Å²) in [6.45, 7) is 4.16. The van der Waals surface area contributed by atoms with E-state index in [0.29, 0.717) is 23.7 Å². The summed E-state index contributed by atoms with van der Waals surface area (Å²) in [6.07, 6.45) is 2.29. The van der Waals surface area contributed by atoms with Crippen LogP contribution in [0.25, 0.3) is 0 Å². The zero-order chi connectivity index (χ0) is 14.3. The lowest BCUT2D eigenvalue weighted by molar-refractivity contribution is -0.384. The summed E-state index contributed by atoms with van der Waals surface area (Å²) in [7, 11) is 0. The molecule has 0 aliphatic carbocycles. The Kier molecular flexibility index (Phi) is 3.67. The van der Waals surface area contributed by atoms with Crippen molar-refractivity contribution >= 4 is 17.3 Å². The molecule has 20 heavy (non-hydrogen) atoms. The van der Waals surface area contributed by atoms with Gasteiger partial charge in [-0.2, -0.15) is 0 Å². The van der Waals surface area contributed by atoms with Crippen LogP contribution >= 0.6 is 11.6 Å². The fourth-order valence-corrected chi connectivity index (χ4v) is 3.39. The first-order valence-corrected chi connectivity index (χ1v) is 7.21. The van der Waals surface area contributed by atoms with E-state index in [4.69, 9.17) is 16.3 Å². The first-order valence-electron chi connectivity index (χ1n) is 6.83. The number of fused-ring (bicyclic) bond motifs is 2. The van der Waals surface area contributed by atoms with Crippen LogP contribution in [0, 0.1) is 17.0 Å². The summed E-state index contributed by atoms with van der Waals surface area (Å²) in [4.78, 5) is 13.0. The largest absolute Gasteiger partial charge is 0.378 e. The van der Waals surface area contributed by atoms with Crippen molar-refractivity contribution < 1.29 is 9.66 Å². The third-order valence-electron chi connectivity index (χ3n) is 4.39. The second-order valence-corrected chi connectivity index (χ2v) is 5.97. The summed E-state index contributed by atoms with van der Waals surface area (Å²) in [5, 5.41) is 11.4. The molecular formula is C14H17ClN2O3. The Balaban J connectivity index is 1.88. The van der Waals surface area contributed by atoms with Gasteiger partial charge in [-0.05, 0) is 30.9 Å². The highest BCUT2D eigenvalue weighted by Crippen LogP contribution is 2.33. The van der Waals surface area contributed by atoms with E-state index in [2.05, 4.69) is 4.90 Å². The van der Waals surface area contributed by atoms with E-state index >= 15 is 0 Å². The van der Waals surface area contributed by atoms with Crippen molar-refractivity contribution in [1.29, 1.82) is 0 Å². The molecule has 2 aliphatic rings. The predicted octanol–water partition coefficient (Wildman–Crippen LogP) is 2.92. The number of rotatable bonds is 3. The molecule has 2 atom stereocenters. The fourth-order valence-electron chi connectivity index (χ4n) is 3.16. The van der Waals surface area contributed by atoms with Crippen molar-refractivity contribution in [3.05, 3.63) is 38.4 Å². The van der Waals surface area contributed by atoms with Gasteiger partial charge in [-0.25, -0.2) is 0 Å². The SMILES string of the molecule is Cc1c(Cl)cc([N+](=O)[O-])cc1CN1C2CCC1COC2. The zero-order valence-electron chi connectivity index (χ0n) is 11.3. The maximum atomic E-state index is 11.0. The Hall–Kier alpha value is -1.17. The lowest BCUT2D eigenvalue weighted by Crippen LogP contribution is -2.45. The van der Waals surface area contributed by atoms with Gasteiger partial charge in [0.2, 0.25) is 0 Å². The van der Waals surface area contributed by atoms with Gasteiger partial charge in [-0.15, -0.1) is 0 Å². The molecule has 5 nitrogen and oxygen atoms in total. The minimum atomic E-state index is -0.386. The minimum absolute atomic E-state index is 0.0659. The highest BCUT2D eigenvalue weighted by Gasteiger charge is 2.37. The second kappa shape index (κ2) is 5.31. The van der Waals surface area contributed by atoms with Crippen LogP contribution in [0.4, 0.5) is 5.69 Å². The van der Waals surface area contributed by atoms with E-state index in [1.807, 2.05) is 6.92 Å². The first-order chi connectivity index (χ1) is 9.56. The molecule has 0 radical (unpaired) electrons. The lowest BCUT2D eigenvalue weighted by Gasteiger charge is -2.34. The van der Waals surface area contributed by atoms with Gasteiger partial charge < -0.3 is 4.74 Å². The maximum Gasteiger partial charge on any atom is 0.271 e. The van der Waals surface area contributed by atoms with Crippen LogP contribution in [0.5, 0.6) is 0 Å². The highest BCUT2D eigenvalue weighted by molar-refractivity contribution is 6.31. The van der Waals surface area contributed by atoms with Gasteiger partial charge in [0.05, 0.1) is 23.2 Å². The molecule has 2 bridgehead atoms. The van der Waals surface area contributed by atoms with Gasteiger partial charge in [0.15, 0.2) is 0 Å². The smallest absolute Gasteiger partial charge is 0.271 e. The van der Waals surface area contributed by atoms with Gasteiger partial charge in [0, 0.05) is 30.8 Å². The summed E-state index contributed by atoms with van der Waals surface area (Å²) >= 11 is 6.12. The van der Waals surface area contributed by atoms with E-state index in [1.54, 1.807) is 6.07 Å². The van der Waals surface area contributed by atoms with E-state index in [9.17, 15) is 10.1 Å². The number of nitrogens with zero attached hydrogens (tertiary/aromatic N) is 2. The Morgan fingerprint density at radius 1 is 1.40 bits per heavy atom. The lowest BCUT2D eigenvalue weighted by atomic mass is 10.1. The Labute approximate surface area is 122 Å². The molecule has 2 unspecified atom stereocenters. The summed E-state index contributed by atoms with van der Waals surface area (Å²) in [5.41, 5.74) is 1.95. The number of halogens is 1. The van der Waals surface area contributed by atoms with Crippen LogP contribution in [0.3, 0.4) is 0 Å². The average molecular weight is 297 g/mol. The standard InChI is InChI=1S/C14H17ClN2O3/c1-9-10(4-13(17(18)19)5-14(9)15)6-16-11-2-3-12(16)8-20-7-11/h4-5,11-12H,2-3,6-8H2,1H3. The van der Waals surface area contributed by atoms with Crippen LogP contribution in [0.15, 0.2) is 12.1 Å². The molecule has 0 spiro atoms. The number of ether oxygens (including phenoxy) is 1. The molecule has 2 heterocycles. The molecule has 0 amide bonds. The number of morpholine rings is 1. The highest BCUT2D eigenvalue weighted by atomic mass is 35.5. The topological polar surface area (TPSA) is 55.6 Å². The van der Waals surface area contributed by atoms with E-state index in [0.717, 1.165) is 37.2 Å². The number of nitro groups is 1. The molecule has 3 rings (SSSR count). The van der Waals surface area contributed by atoms with Crippen LogP contribution in [0.2, 0.25) is 5.02 Å². The van der Waals surface area contributed by atoms with Crippen LogP contribution in [-0.4, -0.2) is 35.1 Å². The Bertz CT molecular complexity index is 533. The number of hydrogen-bond acceptors (Lipinski definition) is 4. The van der Waals surface area contributed by atoms with Gasteiger partial charge in [-0.3, -0.25) is 15.0 Å². The minimum Gasteiger partial charge on any atom is -0.378 e. The zero-order valence-corrected chi connectivity index (χ0v) is 12.1. The molecule has 1 aromatic rings.